The Morgan fingerprint density at radius 3 is 2.62 bits per heavy atom. The van der Waals surface area contributed by atoms with Crippen molar-refractivity contribution in [1.29, 1.82) is 0 Å². The van der Waals surface area contributed by atoms with Gasteiger partial charge in [-0.05, 0) is 49.9 Å². The smallest absolute Gasteiger partial charge is 0.254 e. The first-order valence-electron chi connectivity index (χ1n) is 10.7. The lowest BCUT2D eigenvalue weighted by atomic mass is 9.84. The molecule has 2 fully saturated rings. The number of carbonyl (C=O) groups excluding carboxylic acids is 1. The van der Waals surface area contributed by atoms with E-state index in [1.165, 1.54) is 12.8 Å². The standard InChI is InChI=1S/C23H27N5O/c29-21(17-10-13-24-14-11-17)28-15-5-12-23(16-28)22(25-18-6-1-2-7-18)26-19-8-3-4-9-20(19)27-23/h3-4,8-11,13-14,18,27H,1-2,5-7,12,15-16H2,(H,25,26). The van der Waals surface area contributed by atoms with Gasteiger partial charge in [0.1, 0.15) is 11.4 Å². The molecule has 1 unspecified atom stereocenters. The molecule has 1 aromatic heterocycles. The van der Waals surface area contributed by atoms with Gasteiger partial charge in [0.2, 0.25) is 0 Å². The van der Waals surface area contributed by atoms with Crippen molar-refractivity contribution < 1.29 is 4.79 Å². The molecule has 2 aliphatic heterocycles. The number of aromatic nitrogens is 1. The molecule has 2 N–H and O–H groups in total. The molecule has 0 radical (unpaired) electrons. The molecule has 5 rings (SSSR count). The highest BCUT2D eigenvalue weighted by atomic mass is 16.2. The average Bonchev–Trinajstić information content (AvgIpc) is 3.28. The zero-order valence-corrected chi connectivity index (χ0v) is 16.6. The number of nitrogens with zero attached hydrogens (tertiary/aromatic N) is 3. The maximum atomic E-state index is 13.1. The van der Waals surface area contributed by atoms with Crippen LogP contribution in [0.1, 0.15) is 48.9 Å². The molecule has 6 heteroatoms. The Morgan fingerprint density at radius 1 is 1.07 bits per heavy atom. The largest absolute Gasteiger partial charge is 0.370 e. The number of rotatable bonds is 2. The van der Waals surface area contributed by atoms with Gasteiger partial charge in [-0.3, -0.25) is 14.8 Å². The second-order valence-electron chi connectivity index (χ2n) is 8.36. The van der Waals surface area contributed by atoms with Crippen LogP contribution >= 0.6 is 0 Å². The molecule has 3 aliphatic rings. The Balaban J connectivity index is 1.48. The van der Waals surface area contributed by atoms with Crippen LogP contribution in [0.3, 0.4) is 0 Å². The highest BCUT2D eigenvalue weighted by Gasteiger charge is 2.45. The minimum atomic E-state index is -0.363. The molecular weight excluding hydrogens is 362 g/mol. The summed E-state index contributed by atoms with van der Waals surface area (Å²) in [5.41, 5.74) is 2.47. The number of hydrogen-bond donors (Lipinski definition) is 2. The fourth-order valence-corrected chi connectivity index (χ4v) is 4.84. The van der Waals surface area contributed by atoms with E-state index in [9.17, 15) is 4.79 Å². The van der Waals surface area contributed by atoms with E-state index in [2.05, 4.69) is 27.8 Å². The van der Waals surface area contributed by atoms with Gasteiger partial charge in [0.05, 0.1) is 24.0 Å². The second-order valence-corrected chi connectivity index (χ2v) is 8.36. The van der Waals surface area contributed by atoms with E-state index in [1.807, 2.05) is 17.0 Å². The Kier molecular flexibility index (Phi) is 4.70. The first-order chi connectivity index (χ1) is 14.2. The van der Waals surface area contributed by atoms with Crippen LogP contribution in [-0.2, 0) is 0 Å². The first-order valence-corrected chi connectivity index (χ1v) is 10.7. The molecule has 1 amide bonds. The van der Waals surface area contributed by atoms with Crippen molar-refractivity contribution in [3.05, 3.63) is 54.4 Å². The summed E-state index contributed by atoms with van der Waals surface area (Å²) in [7, 11) is 0. The molecule has 29 heavy (non-hydrogen) atoms. The summed E-state index contributed by atoms with van der Waals surface area (Å²) in [4.78, 5) is 24.3. The van der Waals surface area contributed by atoms with Gasteiger partial charge in [-0.2, -0.15) is 0 Å². The predicted molar refractivity (Wildman–Crippen MR) is 115 cm³/mol. The molecule has 1 spiro atoms. The summed E-state index contributed by atoms with van der Waals surface area (Å²) >= 11 is 0. The second kappa shape index (κ2) is 7.50. The molecule has 3 heterocycles. The van der Waals surface area contributed by atoms with Crippen molar-refractivity contribution in [2.45, 2.75) is 50.1 Å². The van der Waals surface area contributed by atoms with Crippen molar-refractivity contribution >= 4 is 23.1 Å². The van der Waals surface area contributed by atoms with Crippen molar-refractivity contribution in [2.75, 3.05) is 23.7 Å². The van der Waals surface area contributed by atoms with E-state index in [1.54, 1.807) is 24.5 Å². The molecule has 1 saturated carbocycles. The lowest BCUT2D eigenvalue weighted by molar-refractivity contribution is 0.0694. The number of fused-ring (bicyclic) bond motifs is 1. The number of pyridine rings is 1. The third kappa shape index (κ3) is 3.48. The maximum absolute atomic E-state index is 13.1. The zero-order chi connectivity index (χ0) is 19.7. The topological polar surface area (TPSA) is 69.6 Å². The number of aliphatic imine (C=N–C) groups is 1. The van der Waals surface area contributed by atoms with Crippen LogP contribution in [0.2, 0.25) is 0 Å². The SMILES string of the molecule is O=C(c1ccncc1)N1CCCC2(C1)Nc1ccccc1NC2=NC1CCCC1. The van der Waals surface area contributed by atoms with Gasteiger partial charge in [0.25, 0.3) is 5.91 Å². The number of anilines is 2. The molecule has 1 aliphatic carbocycles. The van der Waals surface area contributed by atoms with Gasteiger partial charge in [-0.1, -0.05) is 25.0 Å². The zero-order valence-electron chi connectivity index (χ0n) is 16.6. The predicted octanol–water partition coefficient (Wildman–Crippen LogP) is 3.94. The molecule has 150 valence electrons. The number of nitrogens with one attached hydrogen (secondary N) is 2. The number of amidine groups is 1. The molecular formula is C23H27N5O. The fraction of sp³-hybridized carbons (Fsp3) is 0.435. The van der Waals surface area contributed by atoms with Crippen LogP contribution in [0, 0.1) is 0 Å². The number of benzene rings is 1. The summed E-state index contributed by atoms with van der Waals surface area (Å²) in [5, 5.41) is 7.40. The van der Waals surface area contributed by atoms with Crippen LogP contribution in [0.4, 0.5) is 11.4 Å². The van der Waals surface area contributed by atoms with E-state index < -0.39 is 0 Å². The van der Waals surface area contributed by atoms with E-state index in [-0.39, 0.29) is 11.4 Å². The number of piperidine rings is 1. The Bertz CT molecular complexity index is 922. The van der Waals surface area contributed by atoms with Crippen molar-refractivity contribution in [2.24, 2.45) is 4.99 Å². The third-order valence-electron chi connectivity index (χ3n) is 6.35. The monoisotopic (exact) mass is 389 g/mol. The van der Waals surface area contributed by atoms with E-state index >= 15 is 0 Å². The van der Waals surface area contributed by atoms with Gasteiger partial charge >= 0.3 is 0 Å². The summed E-state index contributed by atoms with van der Waals surface area (Å²) in [6.07, 6.45) is 10.1. The number of hydrogen-bond acceptors (Lipinski definition) is 4. The third-order valence-corrected chi connectivity index (χ3v) is 6.35. The number of amides is 1. The quantitative estimate of drug-likeness (QED) is 0.816. The van der Waals surface area contributed by atoms with Crippen molar-refractivity contribution in [3.8, 4) is 0 Å². The van der Waals surface area contributed by atoms with E-state index in [4.69, 9.17) is 4.99 Å². The molecule has 1 atom stereocenters. The number of carbonyl (C=O) groups is 1. The van der Waals surface area contributed by atoms with Crippen LogP contribution < -0.4 is 10.6 Å². The highest BCUT2D eigenvalue weighted by Crippen LogP contribution is 2.37. The highest BCUT2D eigenvalue weighted by molar-refractivity contribution is 6.10. The van der Waals surface area contributed by atoms with E-state index in [0.717, 1.165) is 49.4 Å². The summed E-state index contributed by atoms with van der Waals surface area (Å²) < 4.78 is 0. The minimum Gasteiger partial charge on any atom is -0.370 e. The van der Waals surface area contributed by atoms with Crippen LogP contribution in [-0.4, -0.2) is 46.3 Å². The summed E-state index contributed by atoms with van der Waals surface area (Å²) in [5.74, 6) is 1.06. The van der Waals surface area contributed by atoms with Crippen LogP contribution in [0.15, 0.2) is 53.8 Å². The fourth-order valence-electron chi connectivity index (χ4n) is 4.84. The molecule has 2 aromatic rings. The molecule has 0 bridgehead atoms. The normalized spacial score (nSPS) is 25.5. The van der Waals surface area contributed by atoms with Gasteiger partial charge < -0.3 is 15.5 Å². The van der Waals surface area contributed by atoms with Crippen LogP contribution in [0.25, 0.3) is 0 Å². The molecule has 6 nitrogen and oxygen atoms in total. The van der Waals surface area contributed by atoms with Crippen molar-refractivity contribution in [3.63, 3.8) is 0 Å². The average molecular weight is 390 g/mol. The summed E-state index contributed by atoms with van der Waals surface area (Å²) in [6.45, 7) is 1.38. The van der Waals surface area contributed by atoms with E-state index in [0.29, 0.717) is 18.2 Å². The van der Waals surface area contributed by atoms with Crippen molar-refractivity contribution in [1.82, 2.24) is 9.88 Å². The van der Waals surface area contributed by atoms with Gasteiger partial charge in [0.15, 0.2) is 0 Å². The maximum Gasteiger partial charge on any atom is 0.254 e. The van der Waals surface area contributed by atoms with Gasteiger partial charge in [-0.15, -0.1) is 0 Å². The Morgan fingerprint density at radius 2 is 1.83 bits per heavy atom. The minimum absolute atomic E-state index is 0.0624. The van der Waals surface area contributed by atoms with Gasteiger partial charge in [-0.25, -0.2) is 0 Å². The number of para-hydroxylation sites is 2. The first kappa shape index (κ1) is 18.2. The molecule has 1 aromatic carbocycles. The lowest BCUT2D eigenvalue weighted by Gasteiger charge is -2.47. The lowest BCUT2D eigenvalue weighted by Crippen LogP contribution is -2.62. The molecule has 1 saturated heterocycles. The Hall–Kier alpha value is -2.89. The number of likely N-dealkylation sites (tertiary alicyclic amines) is 1. The van der Waals surface area contributed by atoms with Gasteiger partial charge in [0, 0.05) is 24.5 Å². The van der Waals surface area contributed by atoms with Crippen LogP contribution in [0.5, 0.6) is 0 Å². The summed E-state index contributed by atoms with van der Waals surface area (Å²) in [6, 6.07) is 12.2. The Labute approximate surface area is 171 Å².